The zero-order valence-electron chi connectivity index (χ0n) is 9.11. The van der Waals surface area contributed by atoms with Crippen LogP contribution in [0.15, 0.2) is 54.9 Å². The molecule has 0 saturated carbocycles. The largest absolute Gasteiger partial charge is 0.356 e. The molecule has 1 aromatic carbocycles. The lowest BCUT2D eigenvalue weighted by Crippen LogP contribution is -2.07. The standard InChI is InChI=1S/C14H11NO2/c16-12(10-4-2-1-3-5-10)14-13(17-14)11-6-8-15-9-7-11/h1-9,13-14H/t13-,14-/m1/s1. The van der Waals surface area contributed by atoms with Gasteiger partial charge in [-0.05, 0) is 17.7 Å². The molecule has 1 fully saturated rings. The molecule has 0 N–H and O–H groups in total. The van der Waals surface area contributed by atoms with Crippen LogP contribution in [-0.4, -0.2) is 16.9 Å². The highest BCUT2D eigenvalue weighted by atomic mass is 16.6. The molecular formula is C14H11NO2. The summed E-state index contributed by atoms with van der Waals surface area (Å²) in [6.45, 7) is 0. The maximum absolute atomic E-state index is 12.1. The Bertz CT molecular complexity index is 524. The number of ketones is 1. The summed E-state index contributed by atoms with van der Waals surface area (Å²) < 4.78 is 5.44. The second-order valence-corrected chi connectivity index (χ2v) is 3.99. The number of ether oxygens (including phenoxy) is 1. The second-order valence-electron chi connectivity index (χ2n) is 3.99. The van der Waals surface area contributed by atoms with Crippen molar-refractivity contribution in [3.05, 3.63) is 66.0 Å². The van der Waals surface area contributed by atoms with Crippen molar-refractivity contribution in [2.45, 2.75) is 12.2 Å². The topological polar surface area (TPSA) is 42.5 Å². The molecule has 3 heteroatoms. The summed E-state index contributed by atoms with van der Waals surface area (Å²) in [5, 5.41) is 0. The van der Waals surface area contributed by atoms with Gasteiger partial charge in [-0.15, -0.1) is 0 Å². The SMILES string of the molecule is O=C(c1ccccc1)[C@H]1O[C@@H]1c1ccncc1. The highest BCUT2D eigenvalue weighted by molar-refractivity contribution is 6.01. The second kappa shape index (κ2) is 4.11. The lowest BCUT2D eigenvalue weighted by atomic mass is 10.0. The first-order valence-electron chi connectivity index (χ1n) is 5.51. The third-order valence-corrected chi connectivity index (χ3v) is 2.84. The fraction of sp³-hybridized carbons (Fsp3) is 0.143. The molecule has 0 amide bonds. The average Bonchev–Trinajstić information content (AvgIpc) is 3.20. The van der Waals surface area contributed by atoms with Crippen LogP contribution in [0.2, 0.25) is 0 Å². The molecule has 0 aliphatic carbocycles. The predicted molar refractivity (Wildman–Crippen MR) is 62.6 cm³/mol. The molecule has 2 heterocycles. The third kappa shape index (κ3) is 1.97. The molecular weight excluding hydrogens is 214 g/mol. The van der Waals surface area contributed by atoms with Crippen LogP contribution in [0.1, 0.15) is 22.0 Å². The van der Waals surface area contributed by atoms with Gasteiger partial charge in [-0.2, -0.15) is 0 Å². The van der Waals surface area contributed by atoms with E-state index in [2.05, 4.69) is 4.98 Å². The lowest BCUT2D eigenvalue weighted by Gasteiger charge is -1.96. The maximum Gasteiger partial charge on any atom is 0.194 e. The van der Waals surface area contributed by atoms with Gasteiger partial charge in [0.15, 0.2) is 11.9 Å². The number of carbonyl (C=O) groups is 1. The minimum absolute atomic E-state index is 0.0485. The molecule has 0 unspecified atom stereocenters. The Morgan fingerprint density at radius 1 is 1.06 bits per heavy atom. The van der Waals surface area contributed by atoms with E-state index in [1.165, 1.54) is 0 Å². The van der Waals surface area contributed by atoms with Gasteiger partial charge in [0.25, 0.3) is 0 Å². The minimum atomic E-state index is -0.334. The van der Waals surface area contributed by atoms with Gasteiger partial charge in [0.1, 0.15) is 6.10 Å². The molecule has 0 spiro atoms. The molecule has 84 valence electrons. The lowest BCUT2D eigenvalue weighted by molar-refractivity contribution is 0.0953. The van der Waals surface area contributed by atoms with Gasteiger partial charge in [0.05, 0.1) is 0 Å². The number of Topliss-reactive ketones (excluding diaryl/α,β-unsaturated/α-hetero) is 1. The number of hydrogen-bond donors (Lipinski definition) is 0. The third-order valence-electron chi connectivity index (χ3n) is 2.84. The molecule has 3 nitrogen and oxygen atoms in total. The zero-order chi connectivity index (χ0) is 11.7. The van der Waals surface area contributed by atoms with Crippen LogP contribution in [-0.2, 0) is 4.74 Å². The monoisotopic (exact) mass is 225 g/mol. The van der Waals surface area contributed by atoms with Crippen LogP contribution in [0.4, 0.5) is 0 Å². The van der Waals surface area contributed by atoms with Crippen molar-refractivity contribution in [2.75, 3.05) is 0 Å². The molecule has 2 aromatic rings. The molecule has 1 aromatic heterocycles. The van der Waals surface area contributed by atoms with Crippen LogP contribution in [0, 0.1) is 0 Å². The van der Waals surface area contributed by atoms with E-state index in [0.29, 0.717) is 5.56 Å². The van der Waals surface area contributed by atoms with Gasteiger partial charge in [-0.25, -0.2) is 0 Å². The summed E-state index contributed by atoms with van der Waals surface area (Å²) in [5.41, 5.74) is 1.71. The molecule has 0 bridgehead atoms. The Labute approximate surface area is 99.1 Å². The smallest absolute Gasteiger partial charge is 0.194 e. The van der Waals surface area contributed by atoms with Gasteiger partial charge >= 0.3 is 0 Å². The van der Waals surface area contributed by atoms with Crippen molar-refractivity contribution in [3.63, 3.8) is 0 Å². The van der Waals surface area contributed by atoms with Gasteiger partial charge < -0.3 is 4.74 Å². The van der Waals surface area contributed by atoms with E-state index in [9.17, 15) is 4.79 Å². The van der Waals surface area contributed by atoms with Crippen molar-refractivity contribution in [2.24, 2.45) is 0 Å². The van der Waals surface area contributed by atoms with Crippen molar-refractivity contribution >= 4 is 5.78 Å². The van der Waals surface area contributed by atoms with E-state index in [0.717, 1.165) is 5.56 Å². The number of aromatic nitrogens is 1. The van der Waals surface area contributed by atoms with Crippen molar-refractivity contribution in [1.82, 2.24) is 4.98 Å². The number of epoxide rings is 1. The Kier molecular flexibility index (Phi) is 2.46. The summed E-state index contributed by atoms with van der Waals surface area (Å²) in [4.78, 5) is 16.0. The van der Waals surface area contributed by atoms with Crippen LogP contribution in [0.25, 0.3) is 0 Å². The first-order chi connectivity index (χ1) is 8.36. The number of benzene rings is 1. The number of rotatable bonds is 3. The Hall–Kier alpha value is -2.00. The fourth-order valence-electron chi connectivity index (χ4n) is 1.89. The Balaban J connectivity index is 1.76. The Morgan fingerprint density at radius 2 is 1.76 bits per heavy atom. The first-order valence-corrected chi connectivity index (χ1v) is 5.51. The van der Waals surface area contributed by atoms with Crippen LogP contribution in [0.5, 0.6) is 0 Å². The molecule has 1 aliphatic heterocycles. The van der Waals surface area contributed by atoms with Gasteiger partial charge in [-0.3, -0.25) is 9.78 Å². The maximum atomic E-state index is 12.1. The van der Waals surface area contributed by atoms with E-state index in [-0.39, 0.29) is 18.0 Å². The summed E-state index contributed by atoms with van der Waals surface area (Å²) >= 11 is 0. The zero-order valence-corrected chi connectivity index (χ0v) is 9.11. The predicted octanol–water partition coefficient (Wildman–Crippen LogP) is 2.40. The first kappa shape index (κ1) is 10.2. The van der Waals surface area contributed by atoms with Crippen molar-refractivity contribution < 1.29 is 9.53 Å². The van der Waals surface area contributed by atoms with Crippen LogP contribution in [0.3, 0.4) is 0 Å². The van der Waals surface area contributed by atoms with Gasteiger partial charge in [0.2, 0.25) is 0 Å². The van der Waals surface area contributed by atoms with Gasteiger partial charge in [-0.1, -0.05) is 30.3 Å². The van der Waals surface area contributed by atoms with Crippen molar-refractivity contribution in [3.8, 4) is 0 Å². The summed E-state index contributed by atoms with van der Waals surface area (Å²) in [7, 11) is 0. The molecule has 3 rings (SSSR count). The summed E-state index contributed by atoms with van der Waals surface area (Å²) in [6, 6.07) is 13.0. The minimum Gasteiger partial charge on any atom is -0.356 e. The van der Waals surface area contributed by atoms with E-state index in [1.54, 1.807) is 12.4 Å². The van der Waals surface area contributed by atoms with Crippen LogP contribution >= 0.6 is 0 Å². The fourth-order valence-corrected chi connectivity index (χ4v) is 1.89. The highest BCUT2D eigenvalue weighted by Gasteiger charge is 2.45. The summed E-state index contributed by atoms with van der Waals surface area (Å²) in [5.74, 6) is 0.0485. The van der Waals surface area contributed by atoms with E-state index < -0.39 is 0 Å². The number of carbonyl (C=O) groups excluding carboxylic acids is 1. The molecule has 17 heavy (non-hydrogen) atoms. The Morgan fingerprint density at radius 3 is 2.47 bits per heavy atom. The molecule has 2 atom stereocenters. The van der Waals surface area contributed by atoms with Crippen LogP contribution < -0.4 is 0 Å². The number of hydrogen-bond acceptors (Lipinski definition) is 3. The van der Waals surface area contributed by atoms with E-state index >= 15 is 0 Å². The summed E-state index contributed by atoms with van der Waals surface area (Å²) in [6.07, 6.45) is 2.98. The van der Waals surface area contributed by atoms with E-state index in [4.69, 9.17) is 4.74 Å². The van der Waals surface area contributed by atoms with E-state index in [1.807, 2.05) is 42.5 Å². The quantitative estimate of drug-likeness (QED) is 0.595. The molecule has 1 aliphatic rings. The molecule has 0 radical (unpaired) electrons. The van der Waals surface area contributed by atoms with Crippen molar-refractivity contribution in [1.29, 1.82) is 0 Å². The normalized spacial score (nSPS) is 22.1. The number of nitrogens with zero attached hydrogens (tertiary/aromatic N) is 1. The highest BCUT2D eigenvalue weighted by Crippen LogP contribution is 2.40. The average molecular weight is 225 g/mol. The van der Waals surface area contributed by atoms with Gasteiger partial charge in [0, 0.05) is 18.0 Å². The number of pyridine rings is 1. The molecule has 1 saturated heterocycles.